The molecule has 264 valence electrons. The van der Waals surface area contributed by atoms with E-state index in [1.807, 2.05) is 49.7 Å². The van der Waals surface area contributed by atoms with E-state index in [1.54, 1.807) is 6.33 Å². The maximum Gasteiger partial charge on any atom is 0.306 e. The van der Waals surface area contributed by atoms with Gasteiger partial charge in [0.25, 0.3) is 0 Å². The summed E-state index contributed by atoms with van der Waals surface area (Å²) >= 11 is 0. The van der Waals surface area contributed by atoms with Crippen LogP contribution in [-0.4, -0.2) is 69.4 Å². The summed E-state index contributed by atoms with van der Waals surface area (Å²) in [6, 6.07) is 17.5. The second-order valence-corrected chi connectivity index (χ2v) is 15.1. The molecule has 1 N–H and O–H groups in total. The number of ether oxygens (including phenoxy) is 1. The van der Waals surface area contributed by atoms with Gasteiger partial charge in [-0.25, -0.2) is 4.98 Å². The summed E-state index contributed by atoms with van der Waals surface area (Å²) < 4.78 is 7.41. The highest BCUT2D eigenvalue weighted by Gasteiger charge is 2.28. The Morgan fingerprint density at radius 1 is 0.960 bits per heavy atom. The molecule has 2 fully saturated rings. The van der Waals surface area contributed by atoms with Gasteiger partial charge in [0.05, 0.1) is 18.0 Å². The van der Waals surface area contributed by atoms with Gasteiger partial charge in [0.2, 0.25) is 5.91 Å². The fourth-order valence-corrected chi connectivity index (χ4v) is 7.42. The predicted molar refractivity (Wildman–Crippen MR) is 199 cm³/mol. The molecule has 0 spiro atoms. The molecule has 2 aromatic heterocycles. The van der Waals surface area contributed by atoms with Gasteiger partial charge >= 0.3 is 5.97 Å². The number of aromatic nitrogens is 2. The second kappa shape index (κ2) is 16.2. The van der Waals surface area contributed by atoms with E-state index in [9.17, 15) is 9.59 Å². The summed E-state index contributed by atoms with van der Waals surface area (Å²) in [6.45, 7) is 13.5. The van der Waals surface area contributed by atoms with Gasteiger partial charge in [-0.3, -0.25) is 14.5 Å². The molecule has 50 heavy (non-hydrogen) atoms. The number of benzene rings is 2. The summed E-state index contributed by atoms with van der Waals surface area (Å²) in [5.74, 6) is 7.69. The van der Waals surface area contributed by atoms with Gasteiger partial charge in [0, 0.05) is 42.6 Å². The number of rotatable bonds is 10. The van der Waals surface area contributed by atoms with Crippen molar-refractivity contribution >= 4 is 28.2 Å². The number of carbonyl (C=O) groups excluding carboxylic acids is 2. The Bertz CT molecular complexity index is 1830. The Kier molecular flexibility index (Phi) is 11.6. The van der Waals surface area contributed by atoms with Crippen LogP contribution in [0.2, 0.25) is 0 Å². The van der Waals surface area contributed by atoms with Crippen LogP contribution in [0.3, 0.4) is 0 Å². The summed E-state index contributed by atoms with van der Waals surface area (Å²) in [5.41, 5.74) is 4.13. The lowest BCUT2D eigenvalue weighted by Crippen LogP contribution is -2.41. The van der Waals surface area contributed by atoms with E-state index in [2.05, 4.69) is 75.3 Å². The molecule has 2 saturated heterocycles. The third-order valence-electron chi connectivity index (χ3n) is 10.3. The molecule has 1 atom stereocenters. The highest BCUT2D eigenvalue weighted by molar-refractivity contribution is 5.91. The molecule has 1 amide bonds. The van der Waals surface area contributed by atoms with Crippen molar-refractivity contribution in [1.29, 1.82) is 0 Å². The van der Waals surface area contributed by atoms with Crippen LogP contribution in [0, 0.1) is 23.7 Å². The fourth-order valence-electron chi connectivity index (χ4n) is 7.42. The van der Waals surface area contributed by atoms with Gasteiger partial charge in [-0.15, -0.1) is 0 Å². The lowest BCUT2D eigenvalue weighted by Gasteiger charge is -2.36. The van der Waals surface area contributed by atoms with Crippen molar-refractivity contribution in [3.8, 4) is 11.8 Å². The van der Waals surface area contributed by atoms with Gasteiger partial charge in [0.15, 0.2) is 0 Å². The van der Waals surface area contributed by atoms with Crippen molar-refractivity contribution in [2.24, 2.45) is 11.8 Å². The average Bonchev–Trinajstić information content (AvgIpc) is 3.59. The quantitative estimate of drug-likeness (QED) is 0.109. The monoisotopic (exact) mass is 675 g/mol. The first kappa shape index (κ1) is 35.6. The summed E-state index contributed by atoms with van der Waals surface area (Å²) in [5, 5.41) is 5.65. The molecule has 8 heteroatoms. The Balaban J connectivity index is 0.980. The zero-order chi connectivity index (χ0) is 35.1. The summed E-state index contributed by atoms with van der Waals surface area (Å²) in [4.78, 5) is 34.3. The van der Waals surface area contributed by atoms with E-state index in [1.165, 1.54) is 16.3 Å². The minimum Gasteiger partial charge on any atom is -0.460 e. The van der Waals surface area contributed by atoms with E-state index >= 15 is 0 Å². The van der Waals surface area contributed by atoms with Gasteiger partial charge in [-0.1, -0.05) is 48.2 Å². The Morgan fingerprint density at radius 2 is 1.72 bits per heavy atom. The first-order valence-corrected chi connectivity index (χ1v) is 18.5. The number of pyridine rings is 1. The number of amides is 1. The molecule has 0 aliphatic carbocycles. The molecular weight excluding hydrogens is 622 g/mol. The molecule has 2 aliphatic heterocycles. The number of esters is 1. The SMILES string of the molecule is CC(c1ccc(C#CC2CCN(CCCCC(=O)OC(C)(C)C)CC2)c2ccccc12)N1CCC(C(=O)NCc2ccc3cncn3c2)CC1. The molecule has 8 nitrogen and oxygen atoms in total. The zero-order valence-corrected chi connectivity index (χ0v) is 30.3. The number of piperidine rings is 2. The molecule has 4 heterocycles. The van der Waals surface area contributed by atoms with Crippen LogP contribution in [-0.2, 0) is 20.9 Å². The van der Waals surface area contributed by atoms with E-state index in [4.69, 9.17) is 4.74 Å². The molecule has 0 bridgehead atoms. The van der Waals surface area contributed by atoms with Crippen LogP contribution in [0.4, 0.5) is 0 Å². The first-order chi connectivity index (χ1) is 24.1. The predicted octanol–water partition coefficient (Wildman–Crippen LogP) is 7.15. The van der Waals surface area contributed by atoms with Crippen molar-refractivity contribution in [2.45, 2.75) is 90.8 Å². The van der Waals surface area contributed by atoms with Gasteiger partial charge in [-0.05, 0) is 133 Å². The second-order valence-electron chi connectivity index (χ2n) is 15.1. The third kappa shape index (κ3) is 9.32. The number of fused-ring (bicyclic) bond motifs is 2. The van der Waals surface area contributed by atoms with Crippen LogP contribution in [0.15, 0.2) is 67.3 Å². The van der Waals surface area contributed by atoms with Crippen molar-refractivity contribution < 1.29 is 14.3 Å². The lowest BCUT2D eigenvalue weighted by atomic mass is 9.91. The molecule has 2 aromatic carbocycles. The third-order valence-corrected chi connectivity index (χ3v) is 10.3. The number of hydrogen-bond donors (Lipinski definition) is 1. The number of likely N-dealkylation sites (tertiary alicyclic amines) is 2. The Labute approximate surface area is 297 Å². The fraction of sp³-hybridized carbons (Fsp3) is 0.500. The number of nitrogens with one attached hydrogen (secondary N) is 1. The van der Waals surface area contributed by atoms with Crippen LogP contribution in [0.5, 0.6) is 0 Å². The number of nitrogens with zero attached hydrogens (tertiary/aromatic N) is 4. The standard InChI is InChI=1S/C42H53N5O3/c1-31(46-25-20-35(21-26-46)41(49)44-27-33-13-16-36-28-43-30-47(36)29-33)37-17-15-34(38-9-5-6-10-39(37)38)14-12-32-18-23-45(24-19-32)22-8-7-11-40(48)50-42(2,3)4/h5-6,9-10,13,15-17,28-32,35H,7-8,11,18-27H2,1-4H3,(H,44,49). The molecule has 0 radical (unpaired) electrons. The van der Waals surface area contributed by atoms with Crippen LogP contribution >= 0.6 is 0 Å². The number of unbranched alkanes of at least 4 members (excludes halogenated alkanes) is 1. The summed E-state index contributed by atoms with van der Waals surface area (Å²) in [7, 11) is 0. The zero-order valence-electron chi connectivity index (χ0n) is 30.3. The lowest BCUT2D eigenvalue weighted by molar-refractivity contribution is -0.154. The topological polar surface area (TPSA) is 79.2 Å². The maximum absolute atomic E-state index is 13.1. The van der Waals surface area contributed by atoms with Gasteiger partial charge < -0.3 is 19.4 Å². The van der Waals surface area contributed by atoms with Gasteiger partial charge in [0.1, 0.15) is 5.60 Å². The maximum atomic E-state index is 13.1. The normalized spacial score (nSPS) is 17.4. The van der Waals surface area contributed by atoms with Crippen molar-refractivity contribution in [2.75, 3.05) is 32.7 Å². The van der Waals surface area contributed by atoms with Crippen LogP contribution in [0.25, 0.3) is 16.3 Å². The molecule has 2 aliphatic rings. The number of imidazole rings is 1. The average molecular weight is 676 g/mol. The minimum atomic E-state index is -0.411. The van der Waals surface area contributed by atoms with Crippen molar-refractivity contribution in [3.05, 3.63) is 83.9 Å². The van der Waals surface area contributed by atoms with Gasteiger partial charge in [-0.2, -0.15) is 0 Å². The summed E-state index contributed by atoms with van der Waals surface area (Å²) in [6.07, 6.45) is 11.9. The van der Waals surface area contributed by atoms with Crippen LogP contribution < -0.4 is 5.32 Å². The minimum absolute atomic E-state index is 0.0425. The molecule has 0 saturated carbocycles. The Hall–Kier alpha value is -4.19. The largest absolute Gasteiger partial charge is 0.460 e. The van der Waals surface area contributed by atoms with Crippen LogP contribution in [0.1, 0.15) is 95.4 Å². The van der Waals surface area contributed by atoms with E-state index in [0.717, 1.165) is 87.9 Å². The number of hydrogen-bond acceptors (Lipinski definition) is 6. The van der Waals surface area contributed by atoms with E-state index in [-0.39, 0.29) is 23.8 Å². The first-order valence-electron chi connectivity index (χ1n) is 18.5. The molecule has 1 unspecified atom stereocenters. The highest BCUT2D eigenvalue weighted by atomic mass is 16.6. The van der Waals surface area contributed by atoms with E-state index in [0.29, 0.717) is 18.9 Å². The number of carbonyl (C=O) groups is 2. The Morgan fingerprint density at radius 3 is 2.48 bits per heavy atom. The van der Waals surface area contributed by atoms with E-state index < -0.39 is 5.60 Å². The molecule has 6 rings (SSSR count). The molecule has 4 aromatic rings. The van der Waals surface area contributed by atoms with Crippen molar-refractivity contribution in [3.63, 3.8) is 0 Å². The highest BCUT2D eigenvalue weighted by Crippen LogP contribution is 2.33. The van der Waals surface area contributed by atoms with Crippen molar-refractivity contribution in [1.82, 2.24) is 24.5 Å². The molecular formula is C42H53N5O3. The smallest absolute Gasteiger partial charge is 0.306 e.